The largest absolute Gasteiger partial charge is 0.493 e. The number of ketones is 1. The molecule has 5 rings (SSSR count). The molecule has 17 heteroatoms. The maximum absolute atomic E-state index is 13.8. The van der Waals surface area contributed by atoms with E-state index < -0.39 is 21.5 Å². The van der Waals surface area contributed by atoms with Gasteiger partial charge in [-0.1, -0.05) is 39.0 Å². The third-order valence-electron chi connectivity index (χ3n) is 6.31. The summed E-state index contributed by atoms with van der Waals surface area (Å²) in [6.07, 6.45) is 3.66. The Balaban J connectivity index is 1.51. The second-order valence-electron chi connectivity index (χ2n) is 11.0. The summed E-state index contributed by atoms with van der Waals surface area (Å²) >= 11 is 0.816. The number of sulfonamides is 1. The number of rotatable bonds is 13. The van der Waals surface area contributed by atoms with Gasteiger partial charge in [0.1, 0.15) is 23.2 Å². The second kappa shape index (κ2) is 15.0. The number of hydrogen-bond acceptors (Lipinski definition) is 14. The quantitative estimate of drug-likeness (QED) is 0.110. The van der Waals surface area contributed by atoms with Gasteiger partial charge in [-0.15, -0.1) is 11.3 Å². The summed E-state index contributed by atoms with van der Waals surface area (Å²) in [4.78, 5) is 46.6. The molecule has 0 aliphatic heterocycles. The minimum atomic E-state index is -4.35. The molecule has 5 aromatic rings. The van der Waals surface area contributed by atoms with E-state index in [1.165, 1.54) is 37.8 Å². The van der Waals surface area contributed by atoms with Crippen LogP contribution in [-0.4, -0.2) is 65.5 Å². The first-order valence-corrected chi connectivity index (χ1v) is 16.9. The van der Waals surface area contributed by atoms with Crippen molar-refractivity contribution in [2.24, 2.45) is 5.41 Å². The molecule has 49 heavy (non-hydrogen) atoms. The predicted octanol–water partition coefficient (Wildman–Crippen LogP) is 5.85. The van der Waals surface area contributed by atoms with Gasteiger partial charge in [-0.3, -0.25) is 14.8 Å². The summed E-state index contributed by atoms with van der Waals surface area (Å²) in [5.41, 5.74) is -0.721. The van der Waals surface area contributed by atoms with Gasteiger partial charge in [0.25, 0.3) is 15.9 Å². The van der Waals surface area contributed by atoms with Crippen LogP contribution < -0.4 is 24.2 Å². The van der Waals surface area contributed by atoms with Gasteiger partial charge in [0.2, 0.25) is 11.6 Å². The van der Waals surface area contributed by atoms with E-state index in [2.05, 4.69) is 35.0 Å². The summed E-state index contributed by atoms with van der Waals surface area (Å²) in [5.74, 6) is -0.278. The van der Waals surface area contributed by atoms with Crippen LogP contribution in [0.3, 0.4) is 0 Å². The number of benzene rings is 1. The summed E-state index contributed by atoms with van der Waals surface area (Å²) in [7, 11) is -2.91. The first-order chi connectivity index (χ1) is 23.4. The lowest BCUT2D eigenvalue weighted by Gasteiger charge is -2.18. The van der Waals surface area contributed by atoms with Crippen molar-refractivity contribution >= 4 is 44.9 Å². The number of carbonyl (C=O) groups is 2. The Kier molecular flexibility index (Phi) is 10.6. The zero-order valence-electron chi connectivity index (χ0n) is 26.7. The average Bonchev–Trinajstić information content (AvgIpc) is 3.59. The number of hydrogen-bond donors (Lipinski definition) is 2. The Morgan fingerprint density at radius 1 is 0.837 bits per heavy atom. The number of ether oxygens (including phenoxy) is 4. The van der Waals surface area contributed by atoms with E-state index in [1.807, 2.05) is 0 Å². The van der Waals surface area contributed by atoms with Gasteiger partial charge in [-0.25, -0.2) is 33.1 Å². The van der Waals surface area contributed by atoms with Crippen molar-refractivity contribution in [3.63, 3.8) is 0 Å². The number of nitrogens with one attached hydrogen (secondary N) is 2. The number of carbonyl (C=O) groups excluding carboxylic acids is 2. The van der Waals surface area contributed by atoms with Gasteiger partial charge in [0, 0.05) is 24.0 Å². The van der Waals surface area contributed by atoms with Crippen LogP contribution in [0.4, 0.5) is 16.4 Å². The predicted molar refractivity (Wildman–Crippen MR) is 180 cm³/mol. The lowest BCUT2D eigenvalue weighted by Crippen LogP contribution is -2.19. The normalized spacial score (nSPS) is 11.3. The van der Waals surface area contributed by atoms with E-state index in [9.17, 15) is 18.0 Å². The Bertz CT molecular complexity index is 2040. The Labute approximate surface area is 285 Å². The molecule has 0 saturated carbocycles. The number of aromatic nitrogens is 5. The average molecular weight is 706 g/mol. The zero-order chi connectivity index (χ0) is 35.0. The SMILES string of the molecule is COc1ccccc1Oc1c(NS(=O)(=O)c2ccc(C(=O)C(C)(C)C)s2)nc(-c2ncccn2)nc1OCCOC(=O)Nc1ccccn1. The lowest BCUT2D eigenvalue weighted by atomic mass is 9.90. The van der Waals surface area contributed by atoms with Crippen LogP contribution in [0.25, 0.3) is 11.6 Å². The highest BCUT2D eigenvalue weighted by atomic mass is 32.2. The fourth-order valence-corrected chi connectivity index (χ4v) is 6.46. The molecule has 254 valence electrons. The first kappa shape index (κ1) is 34.6. The fourth-order valence-electron chi connectivity index (χ4n) is 4.00. The number of amides is 1. The van der Waals surface area contributed by atoms with Gasteiger partial charge in [0.05, 0.1) is 12.0 Å². The molecule has 1 aromatic carbocycles. The molecule has 4 heterocycles. The molecule has 0 fully saturated rings. The molecule has 0 saturated heterocycles. The molecule has 0 spiro atoms. The van der Waals surface area contributed by atoms with Gasteiger partial charge in [-0.05, 0) is 42.5 Å². The van der Waals surface area contributed by atoms with Crippen LogP contribution in [-0.2, 0) is 14.8 Å². The van der Waals surface area contributed by atoms with E-state index in [0.717, 1.165) is 11.3 Å². The van der Waals surface area contributed by atoms with E-state index in [1.54, 1.807) is 69.3 Å². The summed E-state index contributed by atoms with van der Waals surface area (Å²) in [6.45, 7) is 4.76. The molecule has 0 aliphatic rings. The standard InChI is InChI=1S/C32H31N7O8S2/c1-32(2,3)26(40)22-13-14-24(48-22)49(42,43)39-27-25(47-21-11-6-5-10-20(21)44-4)30(38-29(37-27)28-34-16-9-17-35-28)45-18-19-46-31(41)36-23-12-7-8-15-33-23/h5-17H,18-19H2,1-4H3,(H,33,36,41)(H,37,38,39). The maximum Gasteiger partial charge on any atom is 0.412 e. The molecule has 4 aromatic heterocycles. The molecule has 0 atom stereocenters. The second-order valence-corrected chi connectivity index (χ2v) is 14.0. The maximum atomic E-state index is 13.8. The van der Waals surface area contributed by atoms with Gasteiger partial charge < -0.3 is 18.9 Å². The van der Waals surface area contributed by atoms with Crippen LogP contribution in [0.15, 0.2) is 83.5 Å². The highest BCUT2D eigenvalue weighted by Crippen LogP contribution is 2.42. The Morgan fingerprint density at radius 2 is 1.55 bits per heavy atom. The van der Waals surface area contributed by atoms with Gasteiger partial charge in [0.15, 0.2) is 28.9 Å². The van der Waals surface area contributed by atoms with Gasteiger partial charge in [-0.2, -0.15) is 4.98 Å². The van der Waals surface area contributed by atoms with Crippen molar-refractivity contribution in [2.75, 3.05) is 30.4 Å². The zero-order valence-corrected chi connectivity index (χ0v) is 28.4. The van der Waals surface area contributed by atoms with E-state index in [4.69, 9.17) is 18.9 Å². The monoisotopic (exact) mass is 705 g/mol. The molecular weight excluding hydrogens is 675 g/mol. The topological polar surface area (TPSA) is 194 Å². The molecule has 15 nitrogen and oxygen atoms in total. The fraction of sp³-hybridized carbons (Fsp3) is 0.219. The molecular formula is C32H31N7O8S2. The number of thiophene rings is 1. The number of Topliss-reactive ketones (excluding diaryl/α,β-unsaturated/α-hetero) is 1. The number of nitrogens with zero attached hydrogens (tertiary/aromatic N) is 5. The van der Waals surface area contributed by atoms with Crippen molar-refractivity contribution in [1.82, 2.24) is 24.9 Å². The highest BCUT2D eigenvalue weighted by molar-refractivity contribution is 7.94. The van der Waals surface area contributed by atoms with E-state index in [0.29, 0.717) is 11.6 Å². The third kappa shape index (κ3) is 8.82. The first-order valence-electron chi connectivity index (χ1n) is 14.6. The van der Waals surface area contributed by atoms with E-state index >= 15 is 0 Å². The Morgan fingerprint density at radius 3 is 2.24 bits per heavy atom. The molecule has 2 N–H and O–H groups in total. The van der Waals surface area contributed by atoms with Crippen LogP contribution in [0.5, 0.6) is 23.1 Å². The minimum Gasteiger partial charge on any atom is -0.493 e. The molecule has 1 amide bonds. The number of anilines is 2. The molecule has 0 unspecified atom stereocenters. The van der Waals surface area contributed by atoms with E-state index in [-0.39, 0.29) is 62.9 Å². The van der Waals surface area contributed by atoms with Crippen LogP contribution in [0.2, 0.25) is 0 Å². The summed E-state index contributed by atoms with van der Waals surface area (Å²) in [6, 6.07) is 16.0. The Hall–Kier alpha value is -5.68. The minimum absolute atomic E-state index is 0.0526. The van der Waals surface area contributed by atoms with Crippen molar-refractivity contribution in [2.45, 2.75) is 25.0 Å². The van der Waals surface area contributed by atoms with Crippen LogP contribution in [0, 0.1) is 5.41 Å². The number of pyridine rings is 1. The molecule has 0 radical (unpaired) electrons. The van der Waals surface area contributed by atoms with Gasteiger partial charge >= 0.3 is 6.09 Å². The van der Waals surface area contributed by atoms with Crippen molar-refractivity contribution < 1.29 is 37.0 Å². The third-order valence-corrected chi connectivity index (χ3v) is 9.23. The van der Waals surface area contributed by atoms with Crippen molar-refractivity contribution in [1.29, 1.82) is 0 Å². The number of methoxy groups -OCH3 is 1. The number of para-hydroxylation sites is 2. The van der Waals surface area contributed by atoms with Crippen LogP contribution in [0.1, 0.15) is 30.4 Å². The molecule has 0 aliphatic carbocycles. The molecule has 0 bridgehead atoms. The van der Waals surface area contributed by atoms with Crippen LogP contribution >= 0.6 is 11.3 Å². The summed E-state index contributed by atoms with van der Waals surface area (Å²) in [5, 5.41) is 2.49. The smallest absolute Gasteiger partial charge is 0.412 e. The van der Waals surface area contributed by atoms with Crippen molar-refractivity contribution in [3.8, 4) is 34.8 Å². The lowest BCUT2D eigenvalue weighted by molar-refractivity contribution is 0.0862. The van der Waals surface area contributed by atoms with Crippen molar-refractivity contribution in [3.05, 3.63) is 84.1 Å². The summed E-state index contributed by atoms with van der Waals surface area (Å²) < 4.78 is 52.5. The highest BCUT2D eigenvalue weighted by Gasteiger charge is 2.29.